The summed E-state index contributed by atoms with van der Waals surface area (Å²) in [5.74, 6) is 1.59. The van der Waals surface area contributed by atoms with Gasteiger partial charge >= 0.3 is 0 Å². The SMILES string of the molecule is CCCC[NH2+]CCOc1ccc(C(C)C)c(C)c1. The maximum atomic E-state index is 5.77. The van der Waals surface area contributed by atoms with Gasteiger partial charge in [-0.25, -0.2) is 0 Å². The molecule has 0 radical (unpaired) electrons. The molecule has 0 amide bonds. The fourth-order valence-corrected chi connectivity index (χ4v) is 2.14. The summed E-state index contributed by atoms with van der Waals surface area (Å²) >= 11 is 0. The van der Waals surface area contributed by atoms with E-state index in [9.17, 15) is 0 Å². The van der Waals surface area contributed by atoms with Crippen molar-refractivity contribution in [3.63, 3.8) is 0 Å². The van der Waals surface area contributed by atoms with E-state index in [2.05, 4.69) is 51.2 Å². The van der Waals surface area contributed by atoms with Crippen LogP contribution in [0.4, 0.5) is 0 Å². The number of aryl methyl sites for hydroxylation is 1. The molecule has 18 heavy (non-hydrogen) atoms. The highest BCUT2D eigenvalue weighted by molar-refractivity contribution is 5.36. The van der Waals surface area contributed by atoms with Crippen molar-refractivity contribution in [2.24, 2.45) is 0 Å². The Hall–Kier alpha value is -1.02. The van der Waals surface area contributed by atoms with E-state index >= 15 is 0 Å². The quantitative estimate of drug-likeness (QED) is 0.705. The molecular weight excluding hydrogens is 222 g/mol. The molecule has 2 heteroatoms. The van der Waals surface area contributed by atoms with E-state index in [4.69, 9.17) is 4.74 Å². The van der Waals surface area contributed by atoms with Crippen molar-refractivity contribution >= 4 is 0 Å². The van der Waals surface area contributed by atoms with E-state index < -0.39 is 0 Å². The highest BCUT2D eigenvalue weighted by Crippen LogP contribution is 2.23. The van der Waals surface area contributed by atoms with Crippen LogP contribution in [0.3, 0.4) is 0 Å². The van der Waals surface area contributed by atoms with Gasteiger partial charge in [-0.3, -0.25) is 0 Å². The fraction of sp³-hybridized carbons (Fsp3) is 0.625. The predicted octanol–water partition coefficient (Wildman–Crippen LogP) is 2.86. The topological polar surface area (TPSA) is 25.8 Å². The third kappa shape index (κ3) is 5.09. The predicted molar refractivity (Wildman–Crippen MR) is 77.3 cm³/mol. The zero-order valence-corrected chi connectivity index (χ0v) is 12.3. The first kappa shape index (κ1) is 15.0. The van der Waals surface area contributed by atoms with Crippen LogP contribution in [0.1, 0.15) is 50.7 Å². The number of ether oxygens (including phenoxy) is 1. The van der Waals surface area contributed by atoms with Gasteiger partial charge in [-0.05, 0) is 42.5 Å². The summed E-state index contributed by atoms with van der Waals surface area (Å²) in [5.41, 5.74) is 2.74. The third-order valence-corrected chi connectivity index (χ3v) is 3.22. The van der Waals surface area contributed by atoms with E-state index in [-0.39, 0.29) is 0 Å². The van der Waals surface area contributed by atoms with Crippen molar-refractivity contribution in [3.8, 4) is 5.75 Å². The Morgan fingerprint density at radius 1 is 1.22 bits per heavy atom. The standard InChI is InChI=1S/C16H27NO/c1-5-6-9-17-10-11-18-15-7-8-16(13(2)3)14(4)12-15/h7-8,12-13,17H,5-6,9-11H2,1-4H3/p+1. The molecule has 0 aliphatic rings. The van der Waals surface area contributed by atoms with Gasteiger partial charge in [0.1, 0.15) is 18.9 Å². The first-order valence-corrected chi connectivity index (χ1v) is 7.20. The summed E-state index contributed by atoms with van der Waals surface area (Å²) in [6.45, 7) is 11.9. The minimum absolute atomic E-state index is 0.585. The number of unbranched alkanes of at least 4 members (excludes halogenated alkanes) is 1. The van der Waals surface area contributed by atoms with Crippen molar-refractivity contribution in [3.05, 3.63) is 29.3 Å². The first-order chi connectivity index (χ1) is 8.65. The van der Waals surface area contributed by atoms with Crippen molar-refractivity contribution in [2.75, 3.05) is 19.7 Å². The Kier molecular flexibility index (Phi) is 6.81. The number of hydrogen-bond acceptors (Lipinski definition) is 1. The molecule has 0 aliphatic heterocycles. The molecule has 0 atom stereocenters. The van der Waals surface area contributed by atoms with Crippen LogP contribution < -0.4 is 10.1 Å². The normalized spacial score (nSPS) is 10.9. The van der Waals surface area contributed by atoms with Crippen LogP contribution in [-0.4, -0.2) is 19.7 Å². The number of benzene rings is 1. The average molecular weight is 250 g/mol. The van der Waals surface area contributed by atoms with Gasteiger partial charge in [-0.1, -0.05) is 33.3 Å². The van der Waals surface area contributed by atoms with Crippen LogP contribution in [0.5, 0.6) is 5.75 Å². The zero-order valence-electron chi connectivity index (χ0n) is 12.3. The number of quaternary nitrogens is 1. The molecule has 1 aromatic carbocycles. The van der Waals surface area contributed by atoms with Gasteiger partial charge in [0.15, 0.2) is 0 Å². The maximum Gasteiger partial charge on any atom is 0.137 e. The van der Waals surface area contributed by atoms with Gasteiger partial charge in [0.25, 0.3) is 0 Å². The second-order valence-corrected chi connectivity index (χ2v) is 5.24. The summed E-state index contributed by atoms with van der Waals surface area (Å²) in [4.78, 5) is 0. The van der Waals surface area contributed by atoms with Gasteiger partial charge in [-0.2, -0.15) is 0 Å². The Bertz CT molecular complexity index is 347. The van der Waals surface area contributed by atoms with Crippen LogP contribution in [0, 0.1) is 6.92 Å². The summed E-state index contributed by atoms with van der Waals surface area (Å²) in [6.07, 6.45) is 2.56. The van der Waals surface area contributed by atoms with Gasteiger partial charge in [0.2, 0.25) is 0 Å². The van der Waals surface area contributed by atoms with Crippen LogP contribution >= 0.6 is 0 Å². The number of hydrogen-bond donors (Lipinski definition) is 1. The lowest BCUT2D eigenvalue weighted by molar-refractivity contribution is -0.655. The largest absolute Gasteiger partial charge is 0.488 e. The molecule has 0 bridgehead atoms. The van der Waals surface area contributed by atoms with Crippen LogP contribution in [0.2, 0.25) is 0 Å². The third-order valence-electron chi connectivity index (χ3n) is 3.22. The van der Waals surface area contributed by atoms with Crippen molar-refractivity contribution in [2.45, 2.75) is 46.5 Å². The van der Waals surface area contributed by atoms with Crippen molar-refractivity contribution < 1.29 is 10.1 Å². The Morgan fingerprint density at radius 2 is 2.00 bits per heavy atom. The van der Waals surface area contributed by atoms with E-state index in [1.54, 1.807) is 0 Å². The molecule has 0 spiro atoms. The molecule has 102 valence electrons. The van der Waals surface area contributed by atoms with E-state index in [0.717, 1.165) is 18.9 Å². The van der Waals surface area contributed by atoms with Crippen molar-refractivity contribution in [1.29, 1.82) is 0 Å². The van der Waals surface area contributed by atoms with Crippen LogP contribution in [0.25, 0.3) is 0 Å². The van der Waals surface area contributed by atoms with E-state index in [1.807, 2.05) is 0 Å². The molecular formula is C16H28NO+. The summed E-state index contributed by atoms with van der Waals surface area (Å²) in [6, 6.07) is 6.44. The average Bonchev–Trinajstić information content (AvgIpc) is 2.33. The Balaban J connectivity index is 2.33. The highest BCUT2D eigenvalue weighted by Gasteiger charge is 2.04. The summed E-state index contributed by atoms with van der Waals surface area (Å²) in [5, 5.41) is 2.33. The molecule has 0 aromatic heterocycles. The van der Waals surface area contributed by atoms with Crippen molar-refractivity contribution in [1.82, 2.24) is 0 Å². The first-order valence-electron chi connectivity index (χ1n) is 7.20. The molecule has 2 N–H and O–H groups in total. The zero-order chi connectivity index (χ0) is 13.4. The second kappa shape index (κ2) is 8.15. The maximum absolute atomic E-state index is 5.77. The molecule has 0 unspecified atom stereocenters. The Labute approximate surface area is 112 Å². The minimum Gasteiger partial charge on any atom is -0.488 e. The van der Waals surface area contributed by atoms with E-state index in [0.29, 0.717) is 5.92 Å². The number of nitrogens with two attached hydrogens (primary N) is 1. The minimum atomic E-state index is 0.585. The summed E-state index contributed by atoms with van der Waals surface area (Å²) < 4.78 is 5.77. The molecule has 0 heterocycles. The van der Waals surface area contributed by atoms with Crippen LogP contribution in [-0.2, 0) is 0 Å². The second-order valence-electron chi connectivity index (χ2n) is 5.24. The molecule has 1 aromatic rings. The molecule has 2 nitrogen and oxygen atoms in total. The lowest BCUT2D eigenvalue weighted by atomic mass is 9.98. The smallest absolute Gasteiger partial charge is 0.137 e. The van der Waals surface area contributed by atoms with Gasteiger partial charge in [0.05, 0.1) is 6.54 Å². The van der Waals surface area contributed by atoms with Gasteiger partial charge in [0, 0.05) is 0 Å². The van der Waals surface area contributed by atoms with Gasteiger partial charge in [-0.15, -0.1) is 0 Å². The van der Waals surface area contributed by atoms with Crippen LogP contribution in [0.15, 0.2) is 18.2 Å². The fourth-order valence-electron chi connectivity index (χ4n) is 2.14. The molecule has 0 saturated heterocycles. The molecule has 0 saturated carbocycles. The molecule has 1 rings (SSSR count). The highest BCUT2D eigenvalue weighted by atomic mass is 16.5. The summed E-state index contributed by atoms with van der Waals surface area (Å²) in [7, 11) is 0. The lowest BCUT2D eigenvalue weighted by Gasteiger charge is -2.12. The lowest BCUT2D eigenvalue weighted by Crippen LogP contribution is -2.85. The monoisotopic (exact) mass is 250 g/mol. The number of rotatable bonds is 8. The van der Waals surface area contributed by atoms with E-state index in [1.165, 1.54) is 30.5 Å². The molecule has 0 fully saturated rings. The Morgan fingerprint density at radius 3 is 2.61 bits per heavy atom. The van der Waals surface area contributed by atoms with Gasteiger partial charge < -0.3 is 10.1 Å². The molecule has 0 aliphatic carbocycles.